The summed E-state index contributed by atoms with van der Waals surface area (Å²) in [5.41, 5.74) is 7.83. The molecule has 29 heavy (non-hydrogen) atoms. The number of Topliss-reactive ketones (excluding diaryl/α,β-unsaturated/α-hetero) is 1. The van der Waals surface area contributed by atoms with Crippen LogP contribution in [0.15, 0.2) is 72.1 Å². The van der Waals surface area contributed by atoms with E-state index in [1.54, 1.807) is 4.90 Å². The topological polar surface area (TPSA) is 70.1 Å². The summed E-state index contributed by atoms with van der Waals surface area (Å²) in [5.74, 6) is -0.247. The molecule has 2 aliphatic rings. The first-order valence-corrected chi connectivity index (χ1v) is 10.4. The predicted octanol–water partition coefficient (Wildman–Crippen LogP) is 4.98. The van der Waals surface area contributed by atoms with E-state index in [4.69, 9.17) is 18.0 Å². The lowest BCUT2D eigenvalue weighted by atomic mass is 9.58. The van der Waals surface area contributed by atoms with Crippen LogP contribution in [0.2, 0.25) is 0 Å². The number of anilines is 1. The minimum atomic E-state index is -0.619. The van der Waals surface area contributed by atoms with Crippen molar-refractivity contribution in [3.63, 3.8) is 0 Å². The molecule has 1 aliphatic heterocycles. The molecular weight excluding hydrogens is 378 g/mol. The Morgan fingerprint density at radius 2 is 1.62 bits per heavy atom. The smallest absolute Gasteiger partial charge is 0.173 e. The van der Waals surface area contributed by atoms with Crippen molar-refractivity contribution in [3.05, 3.63) is 77.6 Å². The minimum Gasteiger partial charge on any atom is -0.384 e. The third-order valence-corrected chi connectivity index (χ3v) is 6.63. The van der Waals surface area contributed by atoms with Gasteiger partial charge in [-0.25, -0.2) is 0 Å². The molecule has 0 amide bonds. The van der Waals surface area contributed by atoms with Gasteiger partial charge in [0.2, 0.25) is 0 Å². The molecule has 146 valence electrons. The molecule has 0 saturated heterocycles. The van der Waals surface area contributed by atoms with Crippen molar-refractivity contribution in [2.24, 2.45) is 17.1 Å². The van der Waals surface area contributed by atoms with Crippen LogP contribution in [0.1, 0.15) is 42.5 Å². The van der Waals surface area contributed by atoms with Crippen LogP contribution in [-0.2, 0) is 0 Å². The first-order chi connectivity index (χ1) is 14.1. The van der Waals surface area contributed by atoms with E-state index in [-0.39, 0.29) is 5.78 Å². The van der Waals surface area contributed by atoms with E-state index in [9.17, 15) is 10.1 Å². The highest BCUT2D eigenvalue weighted by atomic mass is 32.1. The van der Waals surface area contributed by atoms with Crippen LogP contribution in [0.5, 0.6) is 0 Å². The zero-order valence-corrected chi connectivity index (χ0v) is 17.0. The Morgan fingerprint density at radius 3 is 2.21 bits per heavy atom. The van der Waals surface area contributed by atoms with Gasteiger partial charge >= 0.3 is 0 Å². The van der Waals surface area contributed by atoms with Gasteiger partial charge in [-0.05, 0) is 25.0 Å². The van der Waals surface area contributed by atoms with Gasteiger partial charge in [0.25, 0.3) is 0 Å². The van der Waals surface area contributed by atoms with E-state index >= 15 is 0 Å². The van der Waals surface area contributed by atoms with Crippen molar-refractivity contribution in [1.29, 1.82) is 5.26 Å². The molecular formula is C24H23N3OS. The van der Waals surface area contributed by atoms with Gasteiger partial charge in [-0.3, -0.25) is 9.69 Å². The van der Waals surface area contributed by atoms with E-state index in [0.29, 0.717) is 21.9 Å². The average Bonchev–Trinajstić information content (AvgIpc) is 2.76. The molecule has 1 fully saturated rings. The fourth-order valence-corrected chi connectivity index (χ4v) is 5.40. The number of hydrogen-bond donors (Lipinski definition) is 1. The van der Waals surface area contributed by atoms with Gasteiger partial charge in [-0.15, -0.1) is 0 Å². The van der Waals surface area contributed by atoms with E-state index in [0.717, 1.165) is 37.8 Å². The molecule has 1 heterocycles. The lowest BCUT2D eigenvalue weighted by molar-refractivity contribution is 0.0824. The van der Waals surface area contributed by atoms with Gasteiger partial charge in [0.1, 0.15) is 5.82 Å². The molecule has 0 aromatic heterocycles. The highest BCUT2D eigenvalue weighted by Crippen LogP contribution is 2.53. The third-order valence-electron chi connectivity index (χ3n) is 6.21. The molecule has 1 atom stereocenters. The van der Waals surface area contributed by atoms with Crippen LogP contribution >= 0.6 is 12.2 Å². The standard InChI is InChI=1S/C24H23N3OS/c25-16-19-22(26)27(18-12-6-2-7-13-18)23(29)20(24(19)14-8-3-9-15-24)21(28)17-10-4-1-5-11-17/h1-2,4-7,10-13,20H,3,8-9,14-15,26H2. The van der Waals surface area contributed by atoms with E-state index in [2.05, 4.69) is 6.07 Å². The predicted molar refractivity (Wildman–Crippen MR) is 118 cm³/mol. The molecule has 1 aliphatic carbocycles. The molecule has 0 bridgehead atoms. The maximum atomic E-state index is 13.7. The maximum Gasteiger partial charge on any atom is 0.173 e. The highest BCUT2D eigenvalue weighted by Gasteiger charge is 2.54. The number of carbonyl (C=O) groups is 1. The number of hydrogen-bond acceptors (Lipinski definition) is 4. The van der Waals surface area contributed by atoms with Gasteiger partial charge in [-0.1, -0.05) is 80.0 Å². The van der Waals surface area contributed by atoms with Crippen molar-refractivity contribution in [3.8, 4) is 6.07 Å². The van der Waals surface area contributed by atoms with Crippen LogP contribution in [-0.4, -0.2) is 10.8 Å². The van der Waals surface area contributed by atoms with E-state index in [1.807, 2.05) is 60.7 Å². The Balaban J connectivity index is 1.92. The molecule has 2 aromatic carbocycles. The highest BCUT2D eigenvalue weighted by molar-refractivity contribution is 7.80. The maximum absolute atomic E-state index is 13.7. The second-order valence-electron chi connectivity index (χ2n) is 7.76. The Bertz CT molecular complexity index is 1000. The Kier molecular flexibility index (Phi) is 5.21. The fraction of sp³-hybridized carbons (Fsp3) is 0.292. The number of carbonyl (C=O) groups excluding carboxylic acids is 1. The summed E-state index contributed by atoms with van der Waals surface area (Å²) in [6.07, 6.45) is 4.53. The molecule has 4 nitrogen and oxygen atoms in total. The minimum absolute atomic E-state index is 0.0290. The molecule has 2 aromatic rings. The van der Waals surface area contributed by atoms with Crippen molar-refractivity contribution in [2.45, 2.75) is 32.1 Å². The number of ketones is 1. The quantitative estimate of drug-likeness (QED) is 0.580. The first kappa shape index (κ1) is 19.4. The summed E-state index contributed by atoms with van der Waals surface area (Å²) in [7, 11) is 0. The van der Waals surface area contributed by atoms with Gasteiger partial charge < -0.3 is 5.73 Å². The Morgan fingerprint density at radius 1 is 1.03 bits per heavy atom. The van der Waals surface area contributed by atoms with E-state index < -0.39 is 11.3 Å². The summed E-state index contributed by atoms with van der Waals surface area (Å²) in [6.45, 7) is 0. The van der Waals surface area contributed by atoms with Crippen LogP contribution in [0.25, 0.3) is 0 Å². The van der Waals surface area contributed by atoms with Crippen LogP contribution < -0.4 is 10.6 Å². The van der Waals surface area contributed by atoms with Gasteiger partial charge in [0, 0.05) is 16.7 Å². The number of nitrogens with two attached hydrogens (primary N) is 1. The summed E-state index contributed by atoms with van der Waals surface area (Å²) in [5, 5.41) is 10.1. The molecule has 1 spiro atoms. The Hall–Kier alpha value is -2.97. The van der Waals surface area contributed by atoms with Crippen molar-refractivity contribution in [2.75, 3.05) is 4.90 Å². The van der Waals surface area contributed by atoms with Crippen LogP contribution in [0.3, 0.4) is 0 Å². The molecule has 4 rings (SSSR count). The lowest BCUT2D eigenvalue weighted by Crippen LogP contribution is -2.55. The number of allylic oxidation sites excluding steroid dienone is 1. The van der Waals surface area contributed by atoms with Crippen molar-refractivity contribution < 1.29 is 4.79 Å². The molecule has 0 radical (unpaired) electrons. The molecule has 5 heteroatoms. The number of thiocarbonyl (C=S) groups is 1. The second-order valence-corrected chi connectivity index (χ2v) is 8.18. The second kappa shape index (κ2) is 7.81. The number of rotatable bonds is 3. The third kappa shape index (κ3) is 3.14. The SMILES string of the molecule is N#CC1=C(N)N(c2ccccc2)C(=S)C(C(=O)c2ccccc2)C12CCCCC2. The summed E-state index contributed by atoms with van der Waals surface area (Å²) >= 11 is 5.92. The van der Waals surface area contributed by atoms with Crippen molar-refractivity contribution >= 4 is 28.7 Å². The first-order valence-electron chi connectivity index (χ1n) is 9.99. The average molecular weight is 402 g/mol. The van der Waals surface area contributed by atoms with Gasteiger partial charge in [-0.2, -0.15) is 5.26 Å². The summed E-state index contributed by atoms with van der Waals surface area (Å²) in [4.78, 5) is 16.0. The number of benzene rings is 2. The fourth-order valence-electron chi connectivity index (χ4n) is 4.86. The van der Waals surface area contributed by atoms with Crippen LogP contribution in [0, 0.1) is 22.7 Å². The number of nitriles is 1. The van der Waals surface area contributed by atoms with Gasteiger partial charge in [0.05, 0.1) is 22.5 Å². The van der Waals surface area contributed by atoms with Crippen molar-refractivity contribution in [1.82, 2.24) is 0 Å². The molecule has 2 N–H and O–H groups in total. The summed E-state index contributed by atoms with van der Waals surface area (Å²) in [6, 6.07) is 21.1. The normalized spacial score (nSPS) is 21.1. The number of nitrogens with zero attached hydrogens (tertiary/aromatic N) is 2. The largest absolute Gasteiger partial charge is 0.384 e. The molecule has 1 unspecified atom stereocenters. The van der Waals surface area contributed by atoms with Gasteiger partial charge in [0.15, 0.2) is 5.78 Å². The Labute approximate surface area is 176 Å². The zero-order valence-electron chi connectivity index (χ0n) is 16.2. The lowest BCUT2D eigenvalue weighted by Gasteiger charge is -2.49. The monoisotopic (exact) mass is 401 g/mol. The van der Waals surface area contributed by atoms with E-state index in [1.165, 1.54) is 0 Å². The zero-order chi connectivity index (χ0) is 20.4. The summed E-state index contributed by atoms with van der Waals surface area (Å²) < 4.78 is 0. The molecule has 1 saturated carbocycles. The number of para-hydroxylation sites is 1. The van der Waals surface area contributed by atoms with Crippen LogP contribution in [0.4, 0.5) is 5.69 Å².